The summed E-state index contributed by atoms with van der Waals surface area (Å²) in [6.45, 7) is 8.21. The Morgan fingerprint density at radius 3 is 2.89 bits per heavy atom. The molecule has 0 bridgehead atoms. The van der Waals surface area contributed by atoms with Crippen molar-refractivity contribution in [1.29, 1.82) is 0 Å². The van der Waals surface area contributed by atoms with Gasteiger partial charge in [-0.3, -0.25) is 4.79 Å². The van der Waals surface area contributed by atoms with Crippen LogP contribution >= 0.6 is 11.6 Å². The monoisotopic (exact) mass is 388 g/mol. The number of anilines is 2. The minimum Gasteiger partial charge on any atom is -0.492 e. The summed E-state index contributed by atoms with van der Waals surface area (Å²) in [5.74, 6) is 1.41. The second-order valence-electron chi connectivity index (χ2n) is 6.79. The summed E-state index contributed by atoms with van der Waals surface area (Å²) in [5, 5.41) is 6.79. The number of carbonyl (C=O) groups is 1. The van der Waals surface area contributed by atoms with Crippen molar-refractivity contribution in [3.05, 3.63) is 46.5 Å². The first-order valence-corrected chi connectivity index (χ1v) is 9.55. The summed E-state index contributed by atoms with van der Waals surface area (Å²) in [7, 11) is 0. The highest BCUT2D eigenvalue weighted by atomic mass is 35.5. The predicted molar refractivity (Wildman–Crippen MR) is 109 cm³/mol. The molecule has 0 unspecified atom stereocenters. The average molecular weight is 389 g/mol. The summed E-state index contributed by atoms with van der Waals surface area (Å²) < 4.78 is 11.6. The van der Waals surface area contributed by atoms with Crippen molar-refractivity contribution in [1.82, 2.24) is 0 Å². The van der Waals surface area contributed by atoms with Crippen LogP contribution in [0.5, 0.6) is 11.5 Å². The van der Waals surface area contributed by atoms with E-state index in [1.54, 1.807) is 6.07 Å². The van der Waals surface area contributed by atoms with Crippen LogP contribution in [0.1, 0.15) is 31.9 Å². The quantitative estimate of drug-likeness (QED) is 0.745. The van der Waals surface area contributed by atoms with Crippen molar-refractivity contribution >= 4 is 28.9 Å². The van der Waals surface area contributed by atoms with Gasteiger partial charge >= 0.3 is 0 Å². The van der Waals surface area contributed by atoms with E-state index >= 15 is 0 Å². The highest BCUT2D eigenvalue weighted by Crippen LogP contribution is 2.38. The predicted octanol–water partition coefficient (Wildman–Crippen LogP) is 4.81. The van der Waals surface area contributed by atoms with Crippen LogP contribution in [-0.4, -0.2) is 24.7 Å². The first-order chi connectivity index (χ1) is 12.9. The third-order valence-corrected chi connectivity index (χ3v) is 5.00. The molecule has 2 aromatic carbocycles. The Balaban J connectivity index is 1.76. The van der Waals surface area contributed by atoms with E-state index in [2.05, 4.69) is 10.6 Å². The van der Waals surface area contributed by atoms with Crippen LogP contribution < -0.4 is 20.1 Å². The third kappa shape index (κ3) is 4.30. The number of hydrogen-bond acceptors (Lipinski definition) is 4. The van der Waals surface area contributed by atoms with E-state index in [4.69, 9.17) is 21.1 Å². The zero-order valence-corrected chi connectivity index (χ0v) is 16.8. The van der Waals surface area contributed by atoms with Crippen LogP contribution in [0.2, 0.25) is 5.02 Å². The van der Waals surface area contributed by atoms with Gasteiger partial charge < -0.3 is 20.1 Å². The molecule has 2 aromatic rings. The maximum absolute atomic E-state index is 12.6. The zero-order chi connectivity index (χ0) is 19.6. The van der Waals surface area contributed by atoms with Gasteiger partial charge in [-0.25, -0.2) is 0 Å². The number of amides is 1. The molecule has 0 aromatic heterocycles. The topological polar surface area (TPSA) is 59.6 Å². The first kappa shape index (κ1) is 19.4. The van der Waals surface area contributed by atoms with E-state index in [1.807, 2.05) is 52.0 Å². The summed E-state index contributed by atoms with van der Waals surface area (Å²) >= 11 is 6.13. The number of halogens is 1. The first-order valence-electron chi connectivity index (χ1n) is 9.18. The Morgan fingerprint density at radius 1 is 1.37 bits per heavy atom. The van der Waals surface area contributed by atoms with Gasteiger partial charge in [-0.05, 0) is 51.5 Å². The molecule has 0 saturated heterocycles. The standard InChI is InChI=1S/C21H25ClN2O3/c1-5-26-20-10-15-9-12(2)27-19(15)11-18(20)23-14(4)21(25)24-17-8-6-7-16(22)13(17)3/h6-8,10-12,14,23H,5,9H2,1-4H3,(H,24,25)/t12-,14+/m0/s1. The van der Waals surface area contributed by atoms with Crippen molar-refractivity contribution < 1.29 is 14.3 Å². The minimum atomic E-state index is -0.473. The SMILES string of the molecule is CCOc1cc2c(cc1N[C@H](C)C(=O)Nc1cccc(Cl)c1C)O[C@@H](C)C2. The third-order valence-electron chi connectivity index (χ3n) is 4.59. The van der Waals surface area contributed by atoms with Crippen LogP contribution in [0.4, 0.5) is 11.4 Å². The molecule has 144 valence electrons. The Labute approximate surface area is 165 Å². The number of fused-ring (bicyclic) bond motifs is 1. The van der Waals surface area contributed by atoms with Crippen LogP contribution in [0.3, 0.4) is 0 Å². The largest absolute Gasteiger partial charge is 0.492 e. The smallest absolute Gasteiger partial charge is 0.246 e. The fourth-order valence-electron chi connectivity index (χ4n) is 3.11. The van der Waals surface area contributed by atoms with E-state index in [-0.39, 0.29) is 12.0 Å². The number of nitrogens with one attached hydrogen (secondary N) is 2. The van der Waals surface area contributed by atoms with Crippen molar-refractivity contribution in [2.45, 2.75) is 46.3 Å². The average Bonchev–Trinajstić information content (AvgIpc) is 2.98. The van der Waals surface area contributed by atoms with Gasteiger partial charge in [0.25, 0.3) is 0 Å². The lowest BCUT2D eigenvalue weighted by Crippen LogP contribution is -2.32. The molecule has 1 amide bonds. The molecule has 5 nitrogen and oxygen atoms in total. The fraction of sp³-hybridized carbons (Fsp3) is 0.381. The van der Waals surface area contributed by atoms with Gasteiger partial charge in [0.1, 0.15) is 23.6 Å². The molecule has 0 aliphatic carbocycles. The normalized spacial score (nSPS) is 16.3. The number of ether oxygens (including phenoxy) is 2. The van der Waals surface area contributed by atoms with Crippen LogP contribution in [0, 0.1) is 6.92 Å². The Bertz CT molecular complexity index is 854. The van der Waals surface area contributed by atoms with Gasteiger partial charge in [0.2, 0.25) is 5.91 Å². The van der Waals surface area contributed by atoms with Crippen molar-refractivity contribution in [2.24, 2.45) is 0 Å². The molecule has 2 atom stereocenters. The Morgan fingerprint density at radius 2 is 2.15 bits per heavy atom. The fourth-order valence-corrected chi connectivity index (χ4v) is 3.28. The molecular weight excluding hydrogens is 364 g/mol. The van der Waals surface area contributed by atoms with Gasteiger partial charge in [-0.1, -0.05) is 17.7 Å². The second-order valence-corrected chi connectivity index (χ2v) is 7.20. The molecule has 2 N–H and O–H groups in total. The number of benzene rings is 2. The van der Waals surface area contributed by atoms with Gasteiger partial charge in [0.15, 0.2) is 0 Å². The molecule has 0 saturated carbocycles. The second kappa shape index (κ2) is 8.09. The van der Waals surface area contributed by atoms with E-state index in [0.717, 1.165) is 34.7 Å². The number of carbonyl (C=O) groups excluding carboxylic acids is 1. The molecule has 3 rings (SSSR count). The summed E-state index contributed by atoms with van der Waals surface area (Å²) in [6.07, 6.45) is 1.01. The van der Waals surface area contributed by atoms with Crippen molar-refractivity contribution in [3.63, 3.8) is 0 Å². The van der Waals surface area contributed by atoms with E-state index in [0.29, 0.717) is 17.3 Å². The molecule has 27 heavy (non-hydrogen) atoms. The van der Waals surface area contributed by atoms with Crippen LogP contribution in [0.15, 0.2) is 30.3 Å². The van der Waals surface area contributed by atoms with Crippen LogP contribution in [0.25, 0.3) is 0 Å². The van der Waals surface area contributed by atoms with Gasteiger partial charge in [0.05, 0.1) is 12.3 Å². The highest BCUT2D eigenvalue weighted by molar-refractivity contribution is 6.31. The summed E-state index contributed by atoms with van der Waals surface area (Å²) in [5.41, 5.74) is 3.42. The maximum atomic E-state index is 12.6. The molecule has 1 aliphatic rings. The molecule has 6 heteroatoms. The Hall–Kier alpha value is -2.40. The van der Waals surface area contributed by atoms with Gasteiger partial charge in [0, 0.05) is 28.8 Å². The lowest BCUT2D eigenvalue weighted by molar-refractivity contribution is -0.116. The van der Waals surface area contributed by atoms with Gasteiger partial charge in [-0.2, -0.15) is 0 Å². The Kier molecular flexibility index (Phi) is 5.80. The van der Waals surface area contributed by atoms with Crippen molar-refractivity contribution in [3.8, 4) is 11.5 Å². The van der Waals surface area contributed by atoms with Gasteiger partial charge in [-0.15, -0.1) is 0 Å². The van der Waals surface area contributed by atoms with E-state index in [1.165, 1.54) is 0 Å². The van der Waals surface area contributed by atoms with E-state index in [9.17, 15) is 4.79 Å². The van der Waals surface area contributed by atoms with Crippen LogP contribution in [-0.2, 0) is 11.2 Å². The summed E-state index contributed by atoms with van der Waals surface area (Å²) in [4.78, 5) is 12.6. The molecule has 0 radical (unpaired) electrons. The minimum absolute atomic E-state index is 0.149. The maximum Gasteiger partial charge on any atom is 0.246 e. The lowest BCUT2D eigenvalue weighted by Gasteiger charge is -2.19. The lowest BCUT2D eigenvalue weighted by atomic mass is 10.1. The molecule has 1 heterocycles. The summed E-state index contributed by atoms with van der Waals surface area (Å²) in [6, 6.07) is 8.89. The molecule has 0 fully saturated rings. The molecular formula is C21H25ClN2O3. The zero-order valence-electron chi connectivity index (χ0n) is 16.1. The van der Waals surface area contributed by atoms with Crippen molar-refractivity contribution in [2.75, 3.05) is 17.2 Å². The van der Waals surface area contributed by atoms with E-state index < -0.39 is 6.04 Å². The molecule has 0 spiro atoms. The number of rotatable bonds is 6. The highest BCUT2D eigenvalue weighted by Gasteiger charge is 2.23. The molecule has 1 aliphatic heterocycles. The number of hydrogen-bond donors (Lipinski definition) is 2.